The average Bonchev–Trinajstić information content (AvgIpc) is 3.25. The summed E-state index contributed by atoms with van der Waals surface area (Å²) in [7, 11) is 1.97. The Bertz CT molecular complexity index is 834. The van der Waals surface area contributed by atoms with E-state index in [2.05, 4.69) is 22.6 Å². The molecular formula is C20H20N2O2. The second-order valence-electron chi connectivity index (χ2n) is 6.46. The summed E-state index contributed by atoms with van der Waals surface area (Å²) in [6.45, 7) is 0.886. The number of phenols is 1. The fourth-order valence-corrected chi connectivity index (χ4v) is 3.31. The molecule has 1 aliphatic rings. The fourth-order valence-electron chi connectivity index (χ4n) is 3.31. The second kappa shape index (κ2) is 5.80. The van der Waals surface area contributed by atoms with E-state index in [4.69, 9.17) is 4.52 Å². The van der Waals surface area contributed by atoms with Crippen molar-refractivity contribution in [3.05, 3.63) is 60.4 Å². The maximum absolute atomic E-state index is 9.55. The Hall–Kier alpha value is -2.59. The molecule has 2 N–H and O–H groups in total. The SMILES string of the molecule is CNCC1(c2onc(-c3ccc(O)cc3)c2-c2ccccc2)CC1. The number of benzene rings is 2. The molecule has 4 nitrogen and oxygen atoms in total. The topological polar surface area (TPSA) is 58.3 Å². The minimum Gasteiger partial charge on any atom is -0.508 e. The predicted molar refractivity (Wildman–Crippen MR) is 93.9 cm³/mol. The zero-order valence-electron chi connectivity index (χ0n) is 13.6. The van der Waals surface area contributed by atoms with Gasteiger partial charge in [-0.15, -0.1) is 0 Å². The summed E-state index contributed by atoms with van der Waals surface area (Å²) in [5.74, 6) is 1.21. The van der Waals surface area contributed by atoms with Crippen LogP contribution in [-0.4, -0.2) is 23.9 Å². The van der Waals surface area contributed by atoms with Gasteiger partial charge >= 0.3 is 0 Å². The Balaban J connectivity index is 1.89. The lowest BCUT2D eigenvalue weighted by Gasteiger charge is -2.13. The molecule has 0 bridgehead atoms. The first-order valence-corrected chi connectivity index (χ1v) is 8.23. The number of hydrogen-bond donors (Lipinski definition) is 2. The van der Waals surface area contributed by atoms with Crippen LogP contribution in [0.5, 0.6) is 5.75 Å². The van der Waals surface area contributed by atoms with E-state index in [1.165, 1.54) is 0 Å². The van der Waals surface area contributed by atoms with E-state index >= 15 is 0 Å². The van der Waals surface area contributed by atoms with Crippen LogP contribution in [0.15, 0.2) is 59.1 Å². The van der Waals surface area contributed by atoms with Crippen molar-refractivity contribution < 1.29 is 9.63 Å². The van der Waals surface area contributed by atoms with E-state index in [0.717, 1.165) is 47.5 Å². The molecule has 1 heterocycles. The zero-order chi connectivity index (χ0) is 16.6. The highest BCUT2D eigenvalue weighted by Crippen LogP contribution is 2.52. The summed E-state index contributed by atoms with van der Waals surface area (Å²) in [5, 5.41) is 17.2. The van der Waals surface area contributed by atoms with Gasteiger partial charge in [0.05, 0.1) is 5.56 Å². The summed E-state index contributed by atoms with van der Waals surface area (Å²) in [6, 6.07) is 17.4. The lowest BCUT2D eigenvalue weighted by Crippen LogP contribution is -2.23. The molecule has 24 heavy (non-hydrogen) atoms. The van der Waals surface area contributed by atoms with Crippen LogP contribution in [-0.2, 0) is 5.41 Å². The van der Waals surface area contributed by atoms with Crippen molar-refractivity contribution in [1.82, 2.24) is 10.5 Å². The highest BCUT2D eigenvalue weighted by molar-refractivity contribution is 5.83. The molecule has 1 fully saturated rings. The lowest BCUT2D eigenvalue weighted by molar-refractivity contribution is 0.351. The van der Waals surface area contributed by atoms with Gasteiger partial charge in [0.2, 0.25) is 0 Å². The van der Waals surface area contributed by atoms with Crippen LogP contribution in [0, 0.1) is 0 Å². The first-order valence-electron chi connectivity index (χ1n) is 8.23. The van der Waals surface area contributed by atoms with Crippen LogP contribution >= 0.6 is 0 Å². The molecule has 0 unspecified atom stereocenters. The Morgan fingerprint density at radius 3 is 2.38 bits per heavy atom. The van der Waals surface area contributed by atoms with Crippen molar-refractivity contribution in [3.8, 4) is 28.1 Å². The van der Waals surface area contributed by atoms with E-state index in [1.807, 2.05) is 37.4 Å². The molecule has 0 saturated heterocycles. The van der Waals surface area contributed by atoms with Crippen molar-refractivity contribution in [3.63, 3.8) is 0 Å². The van der Waals surface area contributed by atoms with Crippen LogP contribution in [0.4, 0.5) is 0 Å². The maximum atomic E-state index is 9.55. The van der Waals surface area contributed by atoms with Crippen molar-refractivity contribution in [2.75, 3.05) is 13.6 Å². The molecule has 0 atom stereocenters. The first-order chi connectivity index (χ1) is 11.7. The third kappa shape index (κ3) is 2.49. The van der Waals surface area contributed by atoms with Gasteiger partial charge in [-0.25, -0.2) is 0 Å². The van der Waals surface area contributed by atoms with E-state index in [0.29, 0.717) is 0 Å². The van der Waals surface area contributed by atoms with Gasteiger partial charge in [0.25, 0.3) is 0 Å². The van der Waals surface area contributed by atoms with Gasteiger partial charge in [-0.3, -0.25) is 0 Å². The van der Waals surface area contributed by atoms with E-state index in [9.17, 15) is 5.11 Å². The van der Waals surface area contributed by atoms with Crippen molar-refractivity contribution in [2.24, 2.45) is 0 Å². The molecule has 0 amide bonds. The Kier molecular flexibility index (Phi) is 3.62. The van der Waals surface area contributed by atoms with Crippen LogP contribution in [0.2, 0.25) is 0 Å². The maximum Gasteiger partial charge on any atom is 0.152 e. The molecule has 1 aromatic heterocycles. The third-order valence-corrected chi connectivity index (χ3v) is 4.75. The number of aromatic hydroxyl groups is 1. The zero-order valence-corrected chi connectivity index (χ0v) is 13.6. The molecule has 0 spiro atoms. The molecule has 122 valence electrons. The van der Waals surface area contributed by atoms with Crippen molar-refractivity contribution in [2.45, 2.75) is 18.3 Å². The fraction of sp³-hybridized carbons (Fsp3) is 0.250. The lowest BCUT2D eigenvalue weighted by atomic mass is 9.92. The van der Waals surface area contributed by atoms with E-state index in [1.54, 1.807) is 12.1 Å². The largest absolute Gasteiger partial charge is 0.508 e. The Morgan fingerprint density at radius 1 is 1.04 bits per heavy atom. The summed E-state index contributed by atoms with van der Waals surface area (Å²) in [6.07, 6.45) is 2.22. The van der Waals surface area contributed by atoms with Crippen LogP contribution in [0.1, 0.15) is 18.6 Å². The number of rotatable bonds is 5. The van der Waals surface area contributed by atoms with Gasteiger partial charge in [0.15, 0.2) is 5.76 Å². The molecule has 4 heteroatoms. The third-order valence-electron chi connectivity index (χ3n) is 4.75. The number of aromatic nitrogens is 1. The highest BCUT2D eigenvalue weighted by Gasteiger charge is 2.49. The number of phenolic OH excluding ortho intramolecular Hbond substituents is 1. The quantitative estimate of drug-likeness (QED) is 0.747. The van der Waals surface area contributed by atoms with Gasteiger partial charge in [-0.1, -0.05) is 35.5 Å². The van der Waals surface area contributed by atoms with Gasteiger partial charge in [-0.2, -0.15) is 0 Å². The van der Waals surface area contributed by atoms with Crippen LogP contribution in [0.3, 0.4) is 0 Å². The highest BCUT2D eigenvalue weighted by atomic mass is 16.5. The normalized spacial score (nSPS) is 15.4. The molecule has 1 aliphatic carbocycles. The standard InChI is InChI=1S/C20H20N2O2/c1-21-13-20(11-12-20)19-17(14-5-3-2-4-6-14)18(22-24-19)15-7-9-16(23)10-8-15/h2-10,21,23H,11-13H2,1H3. The first kappa shape index (κ1) is 15.0. The van der Waals surface area contributed by atoms with Crippen molar-refractivity contribution >= 4 is 0 Å². The monoisotopic (exact) mass is 320 g/mol. The number of likely N-dealkylation sites (N-methyl/N-ethyl adjacent to an activating group) is 1. The number of nitrogens with zero attached hydrogens (tertiary/aromatic N) is 1. The van der Waals surface area contributed by atoms with Gasteiger partial charge in [0.1, 0.15) is 11.4 Å². The smallest absolute Gasteiger partial charge is 0.152 e. The van der Waals surface area contributed by atoms with Gasteiger partial charge in [-0.05, 0) is 49.7 Å². The van der Waals surface area contributed by atoms with E-state index < -0.39 is 0 Å². The Labute approximate surface area is 141 Å². The predicted octanol–water partition coefficient (Wildman–Crippen LogP) is 3.97. The van der Waals surface area contributed by atoms with Gasteiger partial charge in [0, 0.05) is 17.5 Å². The summed E-state index contributed by atoms with van der Waals surface area (Å²) >= 11 is 0. The van der Waals surface area contributed by atoms with Gasteiger partial charge < -0.3 is 14.9 Å². The molecule has 3 aromatic rings. The molecule has 2 aromatic carbocycles. The average molecular weight is 320 g/mol. The number of nitrogens with one attached hydrogen (secondary N) is 1. The second-order valence-corrected chi connectivity index (χ2v) is 6.46. The van der Waals surface area contributed by atoms with E-state index in [-0.39, 0.29) is 11.2 Å². The van der Waals surface area contributed by atoms with Crippen molar-refractivity contribution in [1.29, 1.82) is 0 Å². The summed E-state index contributed by atoms with van der Waals surface area (Å²) < 4.78 is 5.86. The Morgan fingerprint density at radius 2 is 1.75 bits per heavy atom. The molecule has 0 aliphatic heterocycles. The summed E-state index contributed by atoms with van der Waals surface area (Å²) in [4.78, 5) is 0. The minimum atomic E-state index is 0.0437. The number of hydrogen-bond acceptors (Lipinski definition) is 4. The van der Waals surface area contributed by atoms with Crippen LogP contribution in [0.25, 0.3) is 22.4 Å². The summed E-state index contributed by atoms with van der Waals surface area (Å²) in [5.41, 5.74) is 4.00. The molecule has 4 rings (SSSR count). The van der Waals surface area contributed by atoms with Crippen LogP contribution < -0.4 is 5.32 Å². The molecular weight excluding hydrogens is 300 g/mol. The molecule has 0 radical (unpaired) electrons. The molecule has 1 saturated carbocycles. The minimum absolute atomic E-state index is 0.0437.